The van der Waals surface area contributed by atoms with Gasteiger partial charge in [-0.2, -0.15) is 13.2 Å². The van der Waals surface area contributed by atoms with Crippen LogP contribution in [0.4, 0.5) is 18.3 Å². The number of fused-ring (bicyclic) bond motifs is 1. The summed E-state index contributed by atoms with van der Waals surface area (Å²) >= 11 is 1.56. The molecule has 2 atom stereocenters. The monoisotopic (exact) mass is 498 g/mol. The predicted octanol–water partition coefficient (Wildman–Crippen LogP) is 6.21. The molecule has 1 saturated heterocycles. The van der Waals surface area contributed by atoms with Crippen LogP contribution in [-0.2, 0) is 17.3 Å². The molecule has 2 aromatic heterocycles. The maximum atomic E-state index is 12.8. The van der Waals surface area contributed by atoms with E-state index < -0.39 is 11.7 Å². The summed E-state index contributed by atoms with van der Waals surface area (Å²) in [4.78, 5) is 10.1. The van der Waals surface area contributed by atoms with E-state index in [1.165, 1.54) is 12.1 Å². The van der Waals surface area contributed by atoms with E-state index in [9.17, 15) is 13.2 Å². The molecule has 5 nitrogen and oxygen atoms in total. The number of hydrogen-bond donors (Lipinski definition) is 2. The number of nitrogens with two attached hydrogens (primary N) is 1. The summed E-state index contributed by atoms with van der Waals surface area (Å²) in [6.07, 6.45) is 1.65. The van der Waals surface area contributed by atoms with E-state index in [-0.39, 0.29) is 12.1 Å². The fourth-order valence-electron chi connectivity index (χ4n) is 4.27. The quantitative estimate of drug-likeness (QED) is 0.317. The highest BCUT2D eigenvalue weighted by Crippen LogP contribution is 2.41. The number of anilines is 1. The molecule has 0 amide bonds. The van der Waals surface area contributed by atoms with Crippen molar-refractivity contribution in [3.63, 3.8) is 0 Å². The van der Waals surface area contributed by atoms with Gasteiger partial charge in [0.05, 0.1) is 16.1 Å². The van der Waals surface area contributed by atoms with Crippen molar-refractivity contribution >= 4 is 27.2 Å². The van der Waals surface area contributed by atoms with E-state index in [2.05, 4.69) is 28.5 Å². The first-order valence-corrected chi connectivity index (χ1v) is 12.3. The van der Waals surface area contributed by atoms with Crippen LogP contribution >= 0.6 is 11.3 Å². The number of hydrogen-bond acceptors (Lipinski definition) is 6. The summed E-state index contributed by atoms with van der Waals surface area (Å²) in [6, 6.07) is 13.1. The van der Waals surface area contributed by atoms with Gasteiger partial charge < -0.3 is 15.8 Å². The minimum Gasteiger partial charge on any atom is -0.372 e. The van der Waals surface area contributed by atoms with E-state index in [4.69, 9.17) is 15.5 Å². The van der Waals surface area contributed by atoms with Crippen LogP contribution in [0.5, 0.6) is 0 Å². The number of nitrogens with zero attached hydrogens (tertiary/aromatic N) is 2. The highest BCUT2D eigenvalue weighted by molar-refractivity contribution is 7.19. The second-order valence-corrected chi connectivity index (χ2v) is 9.71. The van der Waals surface area contributed by atoms with Crippen molar-refractivity contribution in [1.82, 2.24) is 9.97 Å². The molecule has 1 aliphatic rings. The Kier molecular flexibility index (Phi) is 6.73. The van der Waals surface area contributed by atoms with E-state index in [1.807, 2.05) is 12.3 Å². The van der Waals surface area contributed by atoms with Gasteiger partial charge in [-0.3, -0.25) is 4.98 Å². The maximum Gasteiger partial charge on any atom is 0.416 e. The average Bonchev–Trinajstić information content (AvgIpc) is 3.52. The third-order valence-corrected chi connectivity index (χ3v) is 7.16. The van der Waals surface area contributed by atoms with Gasteiger partial charge in [-0.1, -0.05) is 35.6 Å². The minimum atomic E-state index is -4.34. The zero-order chi connectivity index (χ0) is 24.4. The Bertz CT molecular complexity index is 1300. The van der Waals surface area contributed by atoms with Crippen LogP contribution in [0.15, 0.2) is 60.9 Å². The third-order valence-electron chi connectivity index (χ3n) is 6.09. The number of ether oxygens (including phenoxy) is 1. The van der Waals surface area contributed by atoms with Crippen molar-refractivity contribution in [2.24, 2.45) is 5.73 Å². The Labute approximate surface area is 205 Å². The van der Waals surface area contributed by atoms with Crippen molar-refractivity contribution in [3.8, 4) is 10.4 Å². The topological polar surface area (TPSA) is 73.1 Å². The lowest BCUT2D eigenvalue weighted by Gasteiger charge is -2.13. The van der Waals surface area contributed by atoms with E-state index in [1.54, 1.807) is 17.5 Å². The summed E-state index contributed by atoms with van der Waals surface area (Å²) in [5.74, 6) is 0. The van der Waals surface area contributed by atoms with Gasteiger partial charge in [0.1, 0.15) is 6.10 Å². The first kappa shape index (κ1) is 23.7. The zero-order valence-corrected chi connectivity index (χ0v) is 19.7. The van der Waals surface area contributed by atoms with Crippen molar-refractivity contribution in [1.29, 1.82) is 0 Å². The molecule has 9 heteroatoms. The summed E-state index contributed by atoms with van der Waals surface area (Å²) in [6.45, 7) is 1.17. The van der Waals surface area contributed by atoms with Gasteiger partial charge in [-0.25, -0.2) is 4.98 Å². The van der Waals surface area contributed by atoms with E-state index in [0.29, 0.717) is 13.0 Å². The fourth-order valence-corrected chi connectivity index (χ4v) is 5.29. The van der Waals surface area contributed by atoms with E-state index in [0.717, 1.165) is 69.2 Å². The van der Waals surface area contributed by atoms with Crippen LogP contribution in [0, 0.1) is 0 Å². The van der Waals surface area contributed by atoms with Crippen LogP contribution in [0.2, 0.25) is 0 Å². The molecule has 35 heavy (non-hydrogen) atoms. The number of rotatable bonds is 7. The molecule has 2 aromatic carbocycles. The van der Waals surface area contributed by atoms with E-state index >= 15 is 0 Å². The summed E-state index contributed by atoms with van der Waals surface area (Å²) in [7, 11) is 0. The summed E-state index contributed by atoms with van der Waals surface area (Å²) in [5, 5.41) is 6.27. The molecule has 0 bridgehead atoms. The third kappa shape index (κ3) is 5.47. The zero-order valence-electron chi connectivity index (χ0n) is 18.9. The van der Waals surface area contributed by atoms with Crippen molar-refractivity contribution < 1.29 is 17.9 Å². The first-order valence-electron chi connectivity index (χ1n) is 11.5. The average molecular weight is 499 g/mol. The Hall–Kier alpha value is -3.01. The van der Waals surface area contributed by atoms with Crippen LogP contribution in [-0.4, -0.2) is 29.2 Å². The lowest BCUT2D eigenvalue weighted by molar-refractivity contribution is -0.137. The predicted molar refractivity (Wildman–Crippen MR) is 132 cm³/mol. The highest BCUT2D eigenvalue weighted by Gasteiger charge is 2.30. The molecule has 0 saturated carbocycles. The molecule has 5 rings (SSSR count). The number of pyridine rings is 1. The molecule has 0 spiro atoms. The molecule has 0 radical (unpaired) electrons. The normalized spacial score (nSPS) is 17.1. The van der Waals surface area contributed by atoms with Gasteiger partial charge in [-0.05, 0) is 60.0 Å². The van der Waals surface area contributed by atoms with Crippen LogP contribution in [0.25, 0.3) is 21.2 Å². The Morgan fingerprint density at radius 3 is 2.69 bits per heavy atom. The van der Waals surface area contributed by atoms with Crippen LogP contribution < -0.4 is 11.1 Å². The van der Waals surface area contributed by atoms with Gasteiger partial charge in [0.2, 0.25) is 0 Å². The summed E-state index contributed by atoms with van der Waals surface area (Å²) in [5.41, 5.74) is 8.39. The van der Waals surface area contributed by atoms with Gasteiger partial charge in [0.25, 0.3) is 0 Å². The highest BCUT2D eigenvalue weighted by atomic mass is 32.1. The van der Waals surface area contributed by atoms with Gasteiger partial charge in [0.15, 0.2) is 5.13 Å². The molecule has 3 heterocycles. The largest absolute Gasteiger partial charge is 0.416 e. The molecule has 1 unspecified atom stereocenters. The molecular weight excluding hydrogens is 473 g/mol. The van der Waals surface area contributed by atoms with Crippen molar-refractivity contribution in [3.05, 3.63) is 77.7 Å². The molecule has 3 N–H and O–H groups in total. The number of thiazole rings is 1. The number of alkyl halides is 3. The Balaban J connectivity index is 1.31. The maximum absolute atomic E-state index is 12.8. The second-order valence-electron chi connectivity index (χ2n) is 8.71. The molecule has 4 aromatic rings. The fraction of sp³-hybridized carbons (Fsp3) is 0.308. The Morgan fingerprint density at radius 2 is 1.94 bits per heavy atom. The molecular formula is C26H25F3N4OS. The van der Waals surface area contributed by atoms with Gasteiger partial charge in [-0.15, -0.1) is 0 Å². The Morgan fingerprint density at radius 1 is 1.11 bits per heavy atom. The number of nitrogens with one attached hydrogen (secondary N) is 1. The second kappa shape index (κ2) is 9.93. The molecule has 0 aliphatic carbocycles. The lowest BCUT2D eigenvalue weighted by Crippen LogP contribution is -2.31. The minimum absolute atomic E-state index is 0.0363. The summed E-state index contributed by atoms with van der Waals surface area (Å²) < 4.78 is 44.3. The lowest BCUT2D eigenvalue weighted by atomic mass is 10.0. The van der Waals surface area contributed by atoms with Crippen molar-refractivity contribution in [2.45, 2.75) is 37.6 Å². The molecule has 182 valence electrons. The SMILES string of the molecule is N[C@H](CNc1nc(C2CCCO2)c(-c2ccc3cnccc3c2)s1)Cc1ccc(C(F)(F)F)cc1. The van der Waals surface area contributed by atoms with Crippen molar-refractivity contribution in [2.75, 3.05) is 18.5 Å². The van der Waals surface area contributed by atoms with Gasteiger partial charge in [0, 0.05) is 37.0 Å². The number of halogens is 3. The standard InChI is InChI=1S/C26H25F3N4OS/c27-26(28,29)20-7-3-16(4-8-20)12-21(30)15-32-25-33-23(22-2-1-11-34-22)24(35-25)18-5-6-19-14-31-10-9-17(19)13-18/h3-10,13-14,21-22H,1-2,11-12,15,30H2,(H,32,33)/t21-,22?/m0/s1. The smallest absolute Gasteiger partial charge is 0.372 e. The van der Waals surface area contributed by atoms with Crippen LogP contribution in [0.3, 0.4) is 0 Å². The number of benzene rings is 2. The number of aromatic nitrogens is 2. The molecule has 1 aliphatic heterocycles. The first-order chi connectivity index (χ1) is 16.9. The van der Waals surface area contributed by atoms with Crippen LogP contribution in [0.1, 0.15) is 35.8 Å². The van der Waals surface area contributed by atoms with Gasteiger partial charge >= 0.3 is 6.18 Å². The molecule has 1 fully saturated rings.